The van der Waals surface area contributed by atoms with Crippen LogP contribution in [0.25, 0.3) is 0 Å². The van der Waals surface area contributed by atoms with Crippen LogP contribution in [0.5, 0.6) is 17.2 Å². The maximum Gasteiger partial charge on any atom is 0.289 e. The summed E-state index contributed by atoms with van der Waals surface area (Å²) in [5, 5.41) is 0. The summed E-state index contributed by atoms with van der Waals surface area (Å²) in [6, 6.07) is 14.0. The Labute approximate surface area is 196 Å². The van der Waals surface area contributed by atoms with E-state index in [2.05, 4.69) is 0 Å². The molecule has 0 spiro atoms. The van der Waals surface area contributed by atoms with Crippen molar-refractivity contribution in [3.8, 4) is 17.2 Å². The molecule has 4 rings (SSSR count). The maximum absolute atomic E-state index is 13.0. The van der Waals surface area contributed by atoms with Gasteiger partial charge in [0.1, 0.15) is 35.4 Å². The minimum atomic E-state index is -0.344. The van der Waals surface area contributed by atoms with Crippen LogP contribution in [0.1, 0.15) is 26.7 Å². The molecule has 1 aliphatic rings. The zero-order valence-electron chi connectivity index (χ0n) is 19.0. The van der Waals surface area contributed by atoms with E-state index in [0.29, 0.717) is 54.8 Å². The molecule has 1 saturated heterocycles. The fraction of sp³-hybridized carbons (Fsp3) is 0.280. The Kier molecular flexibility index (Phi) is 7.01. The van der Waals surface area contributed by atoms with Gasteiger partial charge in [-0.1, -0.05) is 0 Å². The highest BCUT2D eigenvalue weighted by molar-refractivity contribution is 5.97. The summed E-state index contributed by atoms with van der Waals surface area (Å²) >= 11 is 0. The predicted molar refractivity (Wildman–Crippen MR) is 121 cm³/mol. The molecule has 2 aromatic carbocycles. The lowest BCUT2D eigenvalue weighted by Crippen LogP contribution is -2.50. The molecule has 0 bridgehead atoms. The van der Waals surface area contributed by atoms with Gasteiger partial charge in [-0.15, -0.1) is 0 Å². The van der Waals surface area contributed by atoms with Gasteiger partial charge in [0.25, 0.3) is 11.8 Å². The van der Waals surface area contributed by atoms with E-state index in [4.69, 9.17) is 18.6 Å². The third kappa shape index (κ3) is 5.14. The molecule has 0 unspecified atom stereocenters. The molecular weight excluding hydrogens is 443 g/mol. The minimum absolute atomic E-state index is 0.116. The highest BCUT2D eigenvalue weighted by atomic mass is 19.1. The van der Waals surface area contributed by atoms with Crippen molar-refractivity contribution in [2.45, 2.75) is 6.61 Å². The molecule has 9 heteroatoms. The Bertz CT molecular complexity index is 1150. The molecule has 0 N–H and O–H groups in total. The number of piperazine rings is 1. The number of hydrogen-bond acceptors (Lipinski definition) is 6. The summed E-state index contributed by atoms with van der Waals surface area (Å²) in [6.45, 7) is 1.66. The summed E-state index contributed by atoms with van der Waals surface area (Å²) in [5.41, 5.74) is 0.444. The van der Waals surface area contributed by atoms with E-state index in [9.17, 15) is 14.0 Å². The summed E-state index contributed by atoms with van der Waals surface area (Å²) < 4.78 is 34.7. The number of rotatable bonds is 7. The number of furan rings is 1. The highest BCUT2D eigenvalue weighted by Crippen LogP contribution is 2.26. The van der Waals surface area contributed by atoms with Crippen molar-refractivity contribution < 1.29 is 32.6 Å². The van der Waals surface area contributed by atoms with Crippen molar-refractivity contribution in [2.24, 2.45) is 0 Å². The van der Waals surface area contributed by atoms with E-state index in [1.54, 1.807) is 47.2 Å². The van der Waals surface area contributed by atoms with Gasteiger partial charge in [0, 0.05) is 32.2 Å². The molecule has 1 aromatic heterocycles. The van der Waals surface area contributed by atoms with Crippen molar-refractivity contribution in [3.05, 3.63) is 77.5 Å². The van der Waals surface area contributed by atoms with Crippen LogP contribution < -0.4 is 14.2 Å². The standard InChI is InChI=1S/C25H25FN2O6/c1-31-19-7-9-21(23(15-19)32-2)24(29)27-11-13-28(14-12-27)25(30)22-10-8-20(34-22)16-33-18-5-3-17(26)4-6-18/h3-10,15H,11-14,16H2,1-2H3. The van der Waals surface area contributed by atoms with Crippen LogP contribution in [-0.2, 0) is 6.61 Å². The summed E-state index contributed by atoms with van der Waals surface area (Å²) in [5.74, 6) is 1.47. The molecule has 0 aliphatic carbocycles. The lowest BCUT2D eigenvalue weighted by molar-refractivity contribution is 0.0514. The molecule has 0 atom stereocenters. The summed E-state index contributed by atoms with van der Waals surface area (Å²) in [6.07, 6.45) is 0. The second kappa shape index (κ2) is 10.3. The highest BCUT2D eigenvalue weighted by Gasteiger charge is 2.28. The van der Waals surface area contributed by atoms with Gasteiger partial charge < -0.3 is 28.4 Å². The normalized spacial score (nSPS) is 13.5. The third-order valence-corrected chi connectivity index (χ3v) is 5.56. The monoisotopic (exact) mass is 468 g/mol. The SMILES string of the molecule is COc1ccc(C(=O)N2CCN(C(=O)c3ccc(COc4ccc(F)cc4)o3)CC2)c(OC)c1. The molecule has 2 amide bonds. The van der Waals surface area contributed by atoms with Crippen LogP contribution in [0.2, 0.25) is 0 Å². The van der Waals surface area contributed by atoms with Crippen molar-refractivity contribution >= 4 is 11.8 Å². The van der Waals surface area contributed by atoms with E-state index in [1.165, 1.54) is 31.4 Å². The number of halogens is 1. The smallest absolute Gasteiger partial charge is 0.289 e. The molecule has 34 heavy (non-hydrogen) atoms. The fourth-order valence-electron chi connectivity index (χ4n) is 3.67. The average Bonchev–Trinajstić information content (AvgIpc) is 3.36. The van der Waals surface area contributed by atoms with Crippen LogP contribution >= 0.6 is 0 Å². The number of carbonyl (C=O) groups excluding carboxylic acids is 2. The van der Waals surface area contributed by atoms with E-state index >= 15 is 0 Å². The maximum atomic E-state index is 13.0. The van der Waals surface area contributed by atoms with E-state index in [0.717, 1.165) is 0 Å². The van der Waals surface area contributed by atoms with Crippen molar-refractivity contribution in [1.29, 1.82) is 0 Å². The second-order valence-electron chi connectivity index (χ2n) is 7.66. The number of carbonyl (C=O) groups is 2. The molecule has 0 saturated carbocycles. The van der Waals surface area contributed by atoms with Gasteiger partial charge in [-0.2, -0.15) is 0 Å². The van der Waals surface area contributed by atoms with Gasteiger partial charge >= 0.3 is 0 Å². The molecule has 2 heterocycles. The molecule has 8 nitrogen and oxygen atoms in total. The average molecular weight is 468 g/mol. The zero-order valence-corrected chi connectivity index (χ0v) is 19.0. The number of amides is 2. The first-order valence-corrected chi connectivity index (χ1v) is 10.8. The quantitative estimate of drug-likeness (QED) is 0.527. The number of nitrogens with zero attached hydrogens (tertiary/aromatic N) is 2. The van der Waals surface area contributed by atoms with Gasteiger partial charge in [0.2, 0.25) is 0 Å². The predicted octanol–water partition coefficient (Wildman–Crippen LogP) is 3.61. The van der Waals surface area contributed by atoms with Crippen molar-refractivity contribution in [3.63, 3.8) is 0 Å². The van der Waals surface area contributed by atoms with Crippen molar-refractivity contribution in [1.82, 2.24) is 9.80 Å². The van der Waals surface area contributed by atoms with Crippen molar-refractivity contribution in [2.75, 3.05) is 40.4 Å². The Morgan fingerprint density at radius 1 is 0.853 bits per heavy atom. The number of benzene rings is 2. The molecule has 0 radical (unpaired) electrons. The first kappa shape index (κ1) is 23.2. The molecule has 1 fully saturated rings. The first-order valence-electron chi connectivity index (χ1n) is 10.8. The zero-order chi connectivity index (χ0) is 24.1. The van der Waals surface area contributed by atoms with E-state index < -0.39 is 0 Å². The third-order valence-electron chi connectivity index (χ3n) is 5.56. The minimum Gasteiger partial charge on any atom is -0.497 e. The fourth-order valence-corrected chi connectivity index (χ4v) is 3.67. The number of hydrogen-bond donors (Lipinski definition) is 0. The Morgan fingerprint density at radius 2 is 1.50 bits per heavy atom. The number of ether oxygens (including phenoxy) is 3. The van der Waals surface area contributed by atoms with Gasteiger partial charge in [0.15, 0.2) is 5.76 Å². The summed E-state index contributed by atoms with van der Waals surface area (Å²) in [7, 11) is 3.05. The summed E-state index contributed by atoms with van der Waals surface area (Å²) in [4.78, 5) is 29.2. The van der Waals surface area contributed by atoms with Crippen LogP contribution in [-0.4, -0.2) is 62.0 Å². The Balaban J connectivity index is 1.32. The topological polar surface area (TPSA) is 81.5 Å². The van der Waals surface area contributed by atoms with E-state index in [1.807, 2.05) is 0 Å². The van der Waals surface area contributed by atoms with Gasteiger partial charge in [-0.25, -0.2) is 4.39 Å². The lowest BCUT2D eigenvalue weighted by Gasteiger charge is -2.34. The van der Waals surface area contributed by atoms with Crippen LogP contribution in [0.3, 0.4) is 0 Å². The molecule has 178 valence electrons. The first-order chi connectivity index (χ1) is 16.5. The number of methoxy groups -OCH3 is 2. The lowest BCUT2D eigenvalue weighted by atomic mass is 10.1. The van der Waals surface area contributed by atoms with Gasteiger partial charge in [-0.3, -0.25) is 9.59 Å². The van der Waals surface area contributed by atoms with Gasteiger partial charge in [-0.05, 0) is 48.5 Å². The second-order valence-corrected chi connectivity index (χ2v) is 7.66. The Hall–Kier alpha value is -4.01. The van der Waals surface area contributed by atoms with Crippen LogP contribution in [0.15, 0.2) is 59.0 Å². The molecular formula is C25H25FN2O6. The largest absolute Gasteiger partial charge is 0.497 e. The van der Waals surface area contributed by atoms with Gasteiger partial charge in [0.05, 0.1) is 19.8 Å². The molecule has 3 aromatic rings. The molecule has 1 aliphatic heterocycles. The van der Waals surface area contributed by atoms with Crippen LogP contribution in [0, 0.1) is 5.82 Å². The Morgan fingerprint density at radius 3 is 2.15 bits per heavy atom. The van der Waals surface area contributed by atoms with Crippen LogP contribution in [0.4, 0.5) is 4.39 Å². The van der Waals surface area contributed by atoms with E-state index in [-0.39, 0.29) is 30.0 Å².